The van der Waals surface area contributed by atoms with Gasteiger partial charge < -0.3 is 4.74 Å². The molecule has 1 aliphatic heterocycles. The number of sulfonamides is 1. The van der Waals surface area contributed by atoms with Crippen molar-refractivity contribution in [2.24, 2.45) is 5.92 Å². The minimum Gasteiger partial charge on any atom is -0.381 e. The zero-order valence-electron chi connectivity index (χ0n) is 11.1. The highest BCUT2D eigenvalue weighted by atomic mass is 79.9. The van der Waals surface area contributed by atoms with Crippen LogP contribution in [0.3, 0.4) is 0 Å². The molecule has 1 unspecified atom stereocenters. The van der Waals surface area contributed by atoms with E-state index < -0.39 is 10.0 Å². The molecule has 0 aliphatic carbocycles. The average Bonchev–Trinajstić information content (AvgIpc) is 2.71. The van der Waals surface area contributed by atoms with E-state index in [-0.39, 0.29) is 0 Å². The number of rotatable bonds is 4. The Kier molecular flexibility index (Phi) is 5.05. The minimum absolute atomic E-state index is 0.304. The zero-order valence-corrected chi connectivity index (χ0v) is 14.3. The van der Waals surface area contributed by atoms with Gasteiger partial charge in [-0.3, -0.25) is 0 Å². The molecule has 0 aromatic carbocycles. The van der Waals surface area contributed by atoms with E-state index in [9.17, 15) is 8.42 Å². The first-order chi connectivity index (χ1) is 8.91. The second kappa shape index (κ2) is 6.22. The van der Waals surface area contributed by atoms with Gasteiger partial charge in [-0.1, -0.05) is 0 Å². The molecular formula is C12H18BrNO3S2. The Balaban J connectivity index is 2.10. The maximum atomic E-state index is 12.4. The number of halogens is 1. The van der Waals surface area contributed by atoms with E-state index in [1.807, 2.05) is 6.92 Å². The summed E-state index contributed by atoms with van der Waals surface area (Å²) in [6.07, 6.45) is 2.05. The van der Waals surface area contributed by atoms with E-state index in [4.69, 9.17) is 4.74 Å². The number of hydrogen-bond donors (Lipinski definition) is 0. The van der Waals surface area contributed by atoms with Crippen LogP contribution in [0.5, 0.6) is 0 Å². The van der Waals surface area contributed by atoms with Gasteiger partial charge in [0.25, 0.3) is 10.0 Å². The van der Waals surface area contributed by atoms with Gasteiger partial charge in [0.15, 0.2) is 0 Å². The monoisotopic (exact) mass is 367 g/mol. The molecule has 19 heavy (non-hydrogen) atoms. The van der Waals surface area contributed by atoms with Crippen LogP contribution in [-0.2, 0) is 14.8 Å². The number of thiophene rings is 1. The average molecular weight is 368 g/mol. The molecule has 2 heterocycles. The van der Waals surface area contributed by atoms with Gasteiger partial charge in [0, 0.05) is 20.2 Å². The van der Waals surface area contributed by atoms with Crippen LogP contribution < -0.4 is 0 Å². The molecule has 0 spiro atoms. The van der Waals surface area contributed by atoms with Gasteiger partial charge in [0.05, 0.1) is 10.4 Å². The maximum absolute atomic E-state index is 12.4. The number of ether oxygens (including phenoxy) is 1. The van der Waals surface area contributed by atoms with Crippen LogP contribution in [0.1, 0.15) is 18.4 Å². The Morgan fingerprint density at radius 2 is 2.32 bits per heavy atom. The van der Waals surface area contributed by atoms with Crippen LogP contribution in [0.2, 0.25) is 0 Å². The molecule has 1 aliphatic rings. The van der Waals surface area contributed by atoms with Gasteiger partial charge in [0.2, 0.25) is 0 Å². The predicted octanol–water partition coefficient (Wildman–Crippen LogP) is 2.87. The van der Waals surface area contributed by atoms with Gasteiger partial charge in [-0.25, -0.2) is 8.42 Å². The molecule has 1 aromatic heterocycles. The summed E-state index contributed by atoms with van der Waals surface area (Å²) >= 11 is 4.64. The third-order valence-electron chi connectivity index (χ3n) is 3.27. The summed E-state index contributed by atoms with van der Waals surface area (Å²) < 4.78 is 33.0. The molecular weight excluding hydrogens is 350 g/mol. The van der Waals surface area contributed by atoms with E-state index in [0.717, 1.165) is 28.8 Å². The highest BCUT2D eigenvalue weighted by molar-refractivity contribution is 9.11. The first-order valence-electron chi connectivity index (χ1n) is 6.21. The van der Waals surface area contributed by atoms with Gasteiger partial charge in [-0.15, -0.1) is 11.3 Å². The lowest BCUT2D eigenvalue weighted by molar-refractivity contribution is 0.0495. The van der Waals surface area contributed by atoms with Crippen molar-refractivity contribution in [3.63, 3.8) is 0 Å². The summed E-state index contributed by atoms with van der Waals surface area (Å²) in [7, 11) is -1.73. The predicted molar refractivity (Wildman–Crippen MR) is 80.1 cm³/mol. The Labute approximate surface area is 126 Å². The zero-order chi connectivity index (χ0) is 14.0. The van der Waals surface area contributed by atoms with Crippen molar-refractivity contribution in [3.8, 4) is 0 Å². The smallest absolute Gasteiger partial charge is 0.252 e. The van der Waals surface area contributed by atoms with Crippen LogP contribution >= 0.6 is 27.3 Å². The fourth-order valence-corrected chi connectivity index (χ4v) is 5.81. The number of nitrogens with zero attached hydrogens (tertiary/aromatic N) is 1. The van der Waals surface area contributed by atoms with Crippen molar-refractivity contribution in [3.05, 3.63) is 15.4 Å². The second-order valence-corrected chi connectivity index (χ2v) is 9.53. The van der Waals surface area contributed by atoms with Crippen molar-refractivity contribution >= 4 is 37.3 Å². The van der Waals surface area contributed by atoms with Crippen molar-refractivity contribution in [1.29, 1.82) is 0 Å². The molecule has 1 saturated heterocycles. The first-order valence-corrected chi connectivity index (χ1v) is 9.26. The molecule has 2 rings (SSSR count). The molecule has 0 radical (unpaired) electrons. The third-order valence-corrected chi connectivity index (χ3v) is 7.68. The lowest BCUT2D eigenvalue weighted by Crippen LogP contribution is -2.34. The van der Waals surface area contributed by atoms with E-state index in [1.54, 1.807) is 13.1 Å². The van der Waals surface area contributed by atoms with Gasteiger partial charge in [0.1, 0.15) is 4.21 Å². The van der Waals surface area contributed by atoms with Crippen LogP contribution in [0.15, 0.2) is 14.1 Å². The quantitative estimate of drug-likeness (QED) is 0.821. The fraction of sp³-hybridized carbons (Fsp3) is 0.667. The topological polar surface area (TPSA) is 46.6 Å². The highest BCUT2D eigenvalue weighted by Gasteiger charge is 2.27. The maximum Gasteiger partial charge on any atom is 0.252 e. The molecule has 0 amide bonds. The van der Waals surface area contributed by atoms with Crippen molar-refractivity contribution in [1.82, 2.24) is 4.31 Å². The summed E-state index contributed by atoms with van der Waals surface area (Å²) in [5, 5.41) is 0. The number of aryl methyl sites for hydroxylation is 1. The van der Waals surface area contributed by atoms with Crippen LogP contribution in [0, 0.1) is 12.8 Å². The second-order valence-electron chi connectivity index (χ2n) is 4.89. The van der Waals surface area contributed by atoms with Crippen molar-refractivity contribution in [2.45, 2.75) is 24.0 Å². The first kappa shape index (κ1) is 15.4. The Morgan fingerprint density at radius 1 is 1.58 bits per heavy atom. The van der Waals surface area contributed by atoms with E-state index in [2.05, 4.69) is 15.9 Å². The third kappa shape index (κ3) is 3.58. The molecule has 1 atom stereocenters. The highest BCUT2D eigenvalue weighted by Crippen LogP contribution is 2.32. The van der Waals surface area contributed by atoms with Crippen LogP contribution in [-0.4, -0.2) is 39.5 Å². The van der Waals surface area contributed by atoms with Crippen molar-refractivity contribution in [2.75, 3.05) is 26.8 Å². The van der Waals surface area contributed by atoms with Crippen LogP contribution in [0.4, 0.5) is 0 Å². The molecule has 4 nitrogen and oxygen atoms in total. The van der Waals surface area contributed by atoms with Crippen LogP contribution in [0.25, 0.3) is 0 Å². The summed E-state index contributed by atoms with van der Waals surface area (Å²) in [6, 6.07) is 1.72. The standard InChI is InChI=1S/C12H18BrNO3S2/c1-9-6-11(18-12(9)13)19(15,16)14(2)7-10-4-3-5-17-8-10/h6,10H,3-5,7-8H2,1-2H3. The SMILES string of the molecule is Cc1cc(S(=O)(=O)N(C)CC2CCCOC2)sc1Br. The molecule has 108 valence electrons. The summed E-state index contributed by atoms with van der Waals surface area (Å²) in [5.41, 5.74) is 0.956. The van der Waals surface area contributed by atoms with Gasteiger partial charge >= 0.3 is 0 Å². The Morgan fingerprint density at radius 3 is 2.84 bits per heavy atom. The molecule has 0 saturated carbocycles. The van der Waals surface area contributed by atoms with Gasteiger partial charge in [-0.05, 0) is 53.2 Å². The van der Waals surface area contributed by atoms with Crippen molar-refractivity contribution < 1.29 is 13.2 Å². The fourth-order valence-electron chi connectivity index (χ4n) is 2.13. The largest absolute Gasteiger partial charge is 0.381 e. The molecule has 0 N–H and O–H groups in total. The summed E-state index contributed by atoms with van der Waals surface area (Å²) in [6.45, 7) is 3.88. The van der Waals surface area contributed by atoms with E-state index in [1.165, 1.54) is 15.6 Å². The Bertz CT molecular complexity index is 516. The lowest BCUT2D eigenvalue weighted by Gasteiger charge is -2.26. The normalized spacial score (nSPS) is 20.9. The van der Waals surface area contributed by atoms with Gasteiger partial charge in [-0.2, -0.15) is 4.31 Å². The lowest BCUT2D eigenvalue weighted by atomic mass is 10.0. The molecule has 7 heteroatoms. The summed E-state index contributed by atoms with van der Waals surface area (Å²) in [4.78, 5) is 0. The van der Waals surface area contributed by atoms with E-state index in [0.29, 0.717) is 23.3 Å². The minimum atomic E-state index is -3.37. The van der Waals surface area contributed by atoms with E-state index >= 15 is 0 Å². The summed E-state index contributed by atoms with van der Waals surface area (Å²) in [5.74, 6) is 0.304. The number of hydrogen-bond acceptors (Lipinski definition) is 4. The molecule has 1 fully saturated rings. The molecule has 0 bridgehead atoms. The molecule has 1 aromatic rings. The Hall–Kier alpha value is 0.0500.